The number of aliphatic carboxylic acids is 1. The fourth-order valence-corrected chi connectivity index (χ4v) is 3.46. The molecule has 7 heteroatoms. The summed E-state index contributed by atoms with van der Waals surface area (Å²) in [4.78, 5) is 11.2. The summed E-state index contributed by atoms with van der Waals surface area (Å²) < 4.78 is 26.9. The number of benzene rings is 1. The molecule has 0 aromatic heterocycles. The Labute approximate surface area is 124 Å². The summed E-state index contributed by atoms with van der Waals surface area (Å²) in [6.07, 6.45) is 0. The molecule has 0 radical (unpaired) electrons. The Morgan fingerprint density at radius 3 is 2.33 bits per heavy atom. The van der Waals surface area contributed by atoms with Gasteiger partial charge in [0.25, 0.3) is 0 Å². The lowest BCUT2D eigenvalue weighted by molar-refractivity contribution is -0.141. The van der Waals surface area contributed by atoms with Gasteiger partial charge in [0.15, 0.2) is 0 Å². The predicted molar refractivity (Wildman–Crippen MR) is 77.1 cm³/mol. The number of carbonyl (C=O) groups is 1. The number of carboxylic acids is 1. The Hall–Kier alpha value is -1.91. The lowest BCUT2D eigenvalue weighted by Gasteiger charge is -2.27. The van der Waals surface area contributed by atoms with Crippen LogP contribution in [0.3, 0.4) is 0 Å². The molecule has 0 spiro atoms. The van der Waals surface area contributed by atoms with Gasteiger partial charge in [-0.05, 0) is 36.1 Å². The second-order valence-electron chi connectivity index (χ2n) is 5.85. The van der Waals surface area contributed by atoms with Crippen LogP contribution in [0, 0.1) is 23.7 Å². The molecule has 2 N–H and O–H groups in total. The smallest absolute Gasteiger partial charge is 0.322 e. The number of hydrogen-bond acceptors (Lipinski definition) is 4. The van der Waals surface area contributed by atoms with E-state index >= 15 is 0 Å². The Bertz CT molecular complexity index is 697. The summed E-state index contributed by atoms with van der Waals surface area (Å²) in [5.41, 5.74) is -0.0454. The number of hydrogen-bond donors (Lipinski definition) is 2. The zero-order valence-electron chi connectivity index (χ0n) is 12.3. The van der Waals surface area contributed by atoms with E-state index < -0.39 is 27.4 Å². The van der Waals surface area contributed by atoms with Crippen molar-refractivity contribution in [2.75, 3.05) is 0 Å². The largest absolute Gasteiger partial charge is 0.480 e. The van der Waals surface area contributed by atoms with Crippen LogP contribution in [0.15, 0.2) is 23.1 Å². The van der Waals surface area contributed by atoms with E-state index in [0.29, 0.717) is 11.1 Å². The molecule has 0 bridgehead atoms. The third-order valence-electron chi connectivity index (χ3n) is 2.98. The third-order valence-corrected chi connectivity index (χ3v) is 4.56. The van der Waals surface area contributed by atoms with Crippen molar-refractivity contribution in [1.82, 2.24) is 4.72 Å². The van der Waals surface area contributed by atoms with Crippen LogP contribution >= 0.6 is 0 Å². The van der Waals surface area contributed by atoms with Gasteiger partial charge in [-0.3, -0.25) is 4.79 Å². The molecule has 0 fully saturated rings. The number of rotatable bonds is 4. The van der Waals surface area contributed by atoms with Gasteiger partial charge in [-0.2, -0.15) is 9.98 Å². The van der Waals surface area contributed by atoms with Gasteiger partial charge in [-0.15, -0.1) is 0 Å². The fraction of sp³-hybridized carbons (Fsp3) is 0.429. The van der Waals surface area contributed by atoms with E-state index in [2.05, 4.69) is 4.72 Å². The second-order valence-corrected chi connectivity index (χ2v) is 7.53. The van der Waals surface area contributed by atoms with Crippen LogP contribution in [-0.4, -0.2) is 25.5 Å². The molecule has 1 aromatic carbocycles. The minimum atomic E-state index is -3.98. The van der Waals surface area contributed by atoms with Crippen LogP contribution in [-0.2, 0) is 14.8 Å². The number of sulfonamides is 1. The van der Waals surface area contributed by atoms with Gasteiger partial charge in [-0.1, -0.05) is 20.8 Å². The fourth-order valence-electron chi connectivity index (χ4n) is 1.84. The first-order valence-corrected chi connectivity index (χ1v) is 7.73. The number of aryl methyl sites for hydroxylation is 1. The second kappa shape index (κ2) is 5.84. The van der Waals surface area contributed by atoms with Gasteiger partial charge in [0.05, 0.1) is 16.5 Å². The van der Waals surface area contributed by atoms with Gasteiger partial charge in [0.2, 0.25) is 10.0 Å². The Morgan fingerprint density at radius 1 is 1.38 bits per heavy atom. The molecule has 0 heterocycles. The minimum Gasteiger partial charge on any atom is -0.480 e. The third kappa shape index (κ3) is 4.03. The summed E-state index contributed by atoms with van der Waals surface area (Å²) >= 11 is 0. The SMILES string of the molecule is Cc1cc(C#N)ccc1S(=O)(=O)N[C@@H](C(=O)O)C(C)(C)C. The van der Waals surface area contributed by atoms with Crippen molar-refractivity contribution in [3.63, 3.8) is 0 Å². The summed E-state index contributed by atoms with van der Waals surface area (Å²) in [7, 11) is -3.98. The highest BCUT2D eigenvalue weighted by Crippen LogP contribution is 2.23. The van der Waals surface area contributed by atoms with E-state index in [1.807, 2.05) is 6.07 Å². The van der Waals surface area contributed by atoms with E-state index in [9.17, 15) is 18.3 Å². The quantitative estimate of drug-likeness (QED) is 0.879. The standard InChI is InChI=1S/C14H18N2O4S/c1-9-7-10(8-15)5-6-11(9)21(19,20)16-12(13(17)18)14(2,3)4/h5-7,12,16H,1-4H3,(H,17,18)/t12-/m0/s1. The van der Waals surface area contributed by atoms with Crippen LogP contribution in [0.4, 0.5) is 0 Å². The maximum absolute atomic E-state index is 12.4. The molecule has 1 atom stereocenters. The summed E-state index contributed by atoms with van der Waals surface area (Å²) in [5.74, 6) is -1.24. The van der Waals surface area contributed by atoms with E-state index in [-0.39, 0.29) is 4.90 Å². The summed E-state index contributed by atoms with van der Waals surface area (Å²) in [6, 6.07) is 4.80. The number of nitrogens with one attached hydrogen (secondary N) is 1. The van der Waals surface area contributed by atoms with Gasteiger partial charge in [0, 0.05) is 0 Å². The zero-order valence-corrected chi connectivity index (χ0v) is 13.2. The molecule has 0 aliphatic carbocycles. The average molecular weight is 310 g/mol. The molecular formula is C14H18N2O4S. The topological polar surface area (TPSA) is 107 Å². The lowest BCUT2D eigenvalue weighted by atomic mass is 9.88. The Balaban J connectivity index is 3.24. The zero-order chi connectivity index (χ0) is 16.4. The van der Waals surface area contributed by atoms with Gasteiger partial charge >= 0.3 is 5.97 Å². The highest BCUT2D eigenvalue weighted by atomic mass is 32.2. The Kier molecular flexibility index (Phi) is 4.76. The molecule has 0 aliphatic heterocycles. The van der Waals surface area contributed by atoms with Gasteiger partial charge in [-0.25, -0.2) is 8.42 Å². The van der Waals surface area contributed by atoms with Crippen LogP contribution < -0.4 is 4.72 Å². The van der Waals surface area contributed by atoms with Gasteiger partial charge in [0.1, 0.15) is 6.04 Å². The molecule has 0 unspecified atom stereocenters. The van der Waals surface area contributed by atoms with Crippen molar-refractivity contribution >= 4 is 16.0 Å². The number of nitrogens with zero attached hydrogens (tertiary/aromatic N) is 1. The first-order chi connectivity index (χ1) is 9.49. The first-order valence-electron chi connectivity index (χ1n) is 6.25. The molecule has 6 nitrogen and oxygen atoms in total. The molecule has 114 valence electrons. The molecule has 0 saturated carbocycles. The maximum atomic E-state index is 12.4. The predicted octanol–water partition coefficient (Wildman–Crippen LogP) is 1.64. The van der Waals surface area contributed by atoms with E-state index in [1.54, 1.807) is 27.7 Å². The van der Waals surface area contributed by atoms with Crippen LogP contribution in [0.1, 0.15) is 31.9 Å². The average Bonchev–Trinajstić information content (AvgIpc) is 2.33. The van der Waals surface area contributed by atoms with Gasteiger partial charge < -0.3 is 5.11 Å². The molecule has 0 amide bonds. The number of carboxylic acid groups (broad SMARTS) is 1. The maximum Gasteiger partial charge on any atom is 0.322 e. The van der Waals surface area contributed by atoms with Crippen molar-refractivity contribution in [3.8, 4) is 6.07 Å². The summed E-state index contributed by atoms with van der Waals surface area (Å²) in [5, 5.41) is 18.0. The molecule has 1 rings (SSSR count). The van der Waals surface area contributed by atoms with Crippen molar-refractivity contribution in [2.45, 2.75) is 38.6 Å². The molecule has 1 aromatic rings. The van der Waals surface area contributed by atoms with Crippen molar-refractivity contribution in [1.29, 1.82) is 5.26 Å². The van der Waals surface area contributed by atoms with E-state index in [4.69, 9.17) is 5.26 Å². The van der Waals surface area contributed by atoms with Crippen LogP contribution in [0.25, 0.3) is 0 Å². The Morgan fingerprint density at radius 2 is 1.95 bits per heavy atom. The van der Waals surface area contributed by atoms with Crippen LogP contribution in [0.2, 0.25) is 0 Å². The number of nitriles is 1. The molecule has 0 aliphatic rings. The van der Waals surface area contributed by atoms with E-state index in [0.717, 1.165) is 0 Å². The molecule has 21 heavy (non-hydrogen) atoms. The van der Waals surface area contributed by atoms with Crippen molar-refractivity contribution < 1.29 is 18.3 Å². The monoisotopic (exact) mass is 310 g/mol. The molecule has 0 saturated heterocycles. The minimum absolute atomic E-state index is 0.0306. The van der Waals surface area contributed by atoms with Crippen LogP contribution in [0.5, 0.6) is 0 Å². The van der Waals surface area contributed by atoms with E-state index in [1.165, 1.54) is 18.2 Å². The lowest BCUT2D eigenvalue weighted by Crippen LogP contribution is -2.49. The highest BCUT2D eigenvalue weighted by Gasteiger charge is 2.35. The highest BCUT2D eigenvalue weighted by molar-refractivity contribution is 7.89. The molecular weight excluding hydrogens is 292 g/mol. The normalized spacial score (nSPS) is 13.5. The van der Waals surface area contributed by atoms with Crippen molar-refractivity contribution in [3.05, 3.63) is 29.3 Å². The summed E-state index contributed by atoms with van der Waals surface area (Å²) in [6.45, 7) is 6.47. The first kappa shape index (κ1) is 17.1. The van der Waals surface area contributed by atoms with Crippen molar-refractivity contribution in [2.24, 2.45) is 5.41 Å².